The molecule has 0 unspecified atom stereocenters. The molecule has 1 amide bonds. The summed E-state index contributed by atoms with van der Waals surface area (Å²) in [7, 11) is 1.68. The number of carbonyl (C=O) groups excluding carboxylic acids is 1. The van der Waals surface area contributed by atoms with Crippen LogP contribution < -0.4 is 15.0 Å². The number of nitrogens with zero attached hydrogens (tertiary/aromatic N) is 3. The van der Waals surface area contributed by atoms with Gasteiger partial charge in [0.2, 0.25) is 5.91 Å². The second-order valence-electron chi connectivity index (χ2n) is 8.04. The molecule has 3 aromatic rings. The molecule has 1 aliphatic rings. The molecule has 1 saturated heterocycles. The van der Waals surface area contributed by atoms with Crippen LogP contribution in [0.3, 0.4) is 0 Å². The van der Waals surface area contributed by atoms with Gasteiger partial charge in [-0.3, -0.25) is 9.69 Å². The van der Waals surface area contributed by atoms with Crippen molar-refractivity contribution in [2.24, 2.45) is 0 Å². The van der Waals surface area contributed by atoms with Crippen LogP contribution in [0, 0.1) is 0 Å². The molecule has 1 aromatic heterocycles. The number of ether oxygens (including phenoxy) is 1. The van der Waals surface area contributed by atoms with Gasteiger partial charge in [-0.05, 0) is 30.3 Å². The van der Waals surface area contributed by atoms with Gasteiger partial charge in [0.1, 0.15) is 11.6 Å². The lowest BCUT2D eigenvalue weighted by Gasteiger charge is -2.35. The van der Waals surface area contributed by atoms with Crippen LogP contribution in [0.1, 0.15) is 29.3 Å². The van der Waals surface area contributed by atoms with Gasteiger partial charge in [-0.2, -0.15) is 0 Å². The fourth-order valence-corrected chi connectivity index (χ4v) is 4.09. The predicted octanol–water partition coefficient (Wildman–Crippen LogP) is 3.61. The number of carbonyl (C=O) groups is 2. The van der Waals surface area contributed by atoms with Gasteiger partial charge in [0, 0.05) is 55.8 Å². The average molecular weight is 449 g/mol. The van der Waals surface area contributed by atoms with Crippen LogP contribution in [-0.4, -0.2) is 60.2 Å². The van der Waals surface area contributed by atoms with E-state index < -0.39 is 5.97 Å². The highest BCUT2D eigenvalue weighted by atomic mass is 16.5. The Morgan fingerprint density at radius 2 is 1.85 bits per heavy atom. The first-order valence-electron chi connectivity index (χ1n) is 11.1. The second-order valence-corrected chi connectivity index (χ2v) is 8.04. The number of benzene rings is 2. The second kappa shape index (κ2) is 9.87. The maximum Gasteiger partial charge on any atom is 0.336 e. The fourth-order valence-electron chi connectivity index (χ4n) is 4.09. The number of nitrogens with one attached hydrogen (secondary N) is 1. The maximum atomic E-state index is 12.0. The standard InChI is InChI=1S/C25H28N4O4/c1-3-24(30)26-18-8-9-21-19(14-18)20(25(31)32)15-23(27-21)29-12-10-28(11-13-29)16-17-6-4-5-7-22(17)33-2/h4-9,14-15H,3,10-13,16H2,1-2H3,(H,26,30)(H,31,32). The number of aromatic carboxylic acids is 1. The first-order chi connectivity index (χ1) is 16.0. The molecule has 1 aliphatic heterocycles. The van der Waals surface area contributed by atoms with Gasteiger partial charge in [-0.15, -0.1) is 0 Å². The molecule has 2 heterocycles. The average Bonchev–Trinajstić information content (AvgIpc) is 2.84. The summed E-state index contributed by atoms with van der Waals surface area (Å²) in [6, 6.07) is 14.8. The van der Waals surface area contributed by atoms with Crippen molar-refractivity contribution in [2.45, 2.75) is 19.9 Å². The minimum atomic E-state index is -1.02. The highest BCUT2D eigenvalue weighted by molar-refractivity contribution is 6.05. The van der Waals surface area contributed by atoms with E-state index >= 15 is 0 Å². The van der Waals surface area contributed by atoms with Crippen molar-refractivity contribution in [1.82, 2.24) is 9.88 Å². The Morgan fingerprint density at radius 1 is 1.09 bits per heavy atom. The van der Waals surface area contributed by atoms with Crippen LogP contribution in [-0.2, 0) is 11.3 Å². The lowest BCUT2D eigenvalue weighted by molar-refractivity contribution is -0.115. The predicted molar refractivity (Wildman–Crippen MR) is 128 cm³/mol. The Hall–Kier alpha value is -3.65. The van der Waals surface area contributed by atoms with Gasteiger partial charge >= 0.3 is 5.97 Å². The molecule has 0 atom stereocenters. The van der Waals surface area contributed by atoms with Crippen LogP contribution in [0.25, 0.3) is 10.9 Å². The van der Waals surface area contributed by atoms with Gasteiger partial charge in [0.15, 0.2) is 0 Å². The quantitative estimate of drug-likeness (QED) is 0.570. The van der Waals surface area contributed by atoms with E-state index in [-0.39, 0.29) is 11.5 Å². The number of hydrogen-bond acceptors (Lipinski definition) is 6. The van der Waals surface area contributed by atoms with E-state index in [2.05, 4.69) is 21.2 Å². The summed E-state index contributed by atoms with van der Waals surface area (Å²) in [6.07, 6.45) is 0.351. The summed E-state index contributed by atoms with van der Waals surface area (Å²) >= 11 is 0. The van der Waals surface area contributed by atoms with E-state index in [4.69, 9.17) is 9.72 Å². The first kappa shape index (κ1) is 22.5. The number of piperazine rings is 1. The lowest BCUT2D eigenvalue weighted by Crippen LogP contribution is -2.46. The highest BCUT2D eigenvalue weighted by Crippen LogP contribution is 2.27. The number of hydrogen-bond donors (Lipinski definition) is 2. The Morgan fingerprint density at radius 3 is 2.55 bits per heavy atom. The Labute approximate surface area is 192 Å². The van der Waals surface area contributed by atoms with Gasteiger partial charge < -0.3 is 20.1 Å². The number of aromatic nitrogens is 1. The van der Waals surface area contributed by atoms with Gasteiger partial charge in [-0.1, -0.05) is 25.1 Å². The summed E-state index contributed by atoms with van der Waals surface area (Å²) in [5.41, 5.74) is 2.49. The SMILES string of the molecule is CCC(=O)Nc1ccc2nc(N3CCN(Cc4ccccc4OC)CC3)cc(C(=O)O)c2c1. The van der Waals surface area contributed by atoms with Crippen molar-refractivity contribution >= 4 is 34.3 Å². The molecule has 0 bridgehead atoms. The molecule has 2 N–H and O–H groups in total. The van der Waals surface area contributed by atoms with Crippen LogP contribution in [0.15, 0.2) is 48.5 Å². The summed E-state index contributed by atoms with van der Waals surface area (Å²) in [4.78, 5) is 32.9. The molecule has 0 radical (unpaired) electrons. The Bertz CT molecular complexity index is 1170. The van der Waals surface area contributed by atoms with Crippen LogP contribution in [0.5, 0.6) is 5.75 Å². The number of methoxy groups -OCH3 is 1. The van der Waals surface area contributed by atoms with Gasteiger partial charge in [-0.25, -0.2) is 9.78 Å². The summed E-state index contributed by atoms with van der Waals surface area (Å²) < 4.78 is 5.46. The van der Waals surface area contributed by atoms with Crippen molar-refractivity contribution in [3.8, 4) is 5.75 Å². The number of carboxylic acid groups (broad SMARTS) is 1. The minimum Gasteiger partial charge on any atom is -0.496 e. The molecule has 0 spiro atoms. The van der Waals surface area contributed by atoms with Crippen molar-refractivity contribution in [3.05, 3.63) is 59.7 Å². The van der Waals surface area contributed by atoms with E-state index in [1.165, 1.54) is 0 Å². The summed E-state index contributed by atoms with van der Waals surface area (Å²) in [5.74, 6) is 0.401. The molecule has 8 nitrogen and oxygen atoms in total. The number of fused-ring (bicyclic) bond motifs is 1. The first-order valence-corrected chi connectivity index (χ1v) is 11.1. The van der Waals surface area contributed by atoms with Crippen molar-refractivity contribution in [1.29, 1.82) is 0 Å². The molecule has 0 saturated carbocycles. The minimum absolute atomic E-state index is 0.123. The molecule has 0 aliphatic carbocycles. The van der Waals surface area contributed by atoms with E-state index in [0.717, 1.165) is 44.0 Å². The zero-order valence-corrected chi connectivity index (χ0v) is 18.9. The molecule has 172 valence electrons. The third-order valence-corrected chi connectivity index (χ3v) is 5.91. The van der Waals surface area contributed by atoms with E-state index in [9.17, 15) is 14.7 Å². The number of pyridine rings is 1. The summed E-state index contributed by atoms with van der Waals surface area (Å²) in [5, 5.41) is 13.1. The Kier molecular flexibility index (Phi) is 6.74. The third-order valence-electron chi connectivity index (χ3n) is 5.91. The summed E-state index contributed by atoms with van der Waals surface area (Å²) in [6.45, 7) is 5.73. The van der Waals surface area contributed by atoms with E-state index in [1.54, 1.807) is 38.3 Å². The monoisotopic (exact) mass is 448 g/mol. The number of rotatable bonds is 7. The van der Waals surface area contributed by atoms with Crippen molar-refractivity contribution in [3.63, 3.8) is 0 Å². The van der Waals surface area contributed by atoms with Gasteiger partial charge in [0.25, 0.3) is 0 Å². The number of para-hydroxylation sites is 1. The Balaban J connectivity index is 1.52. The largest absolute Gasteiger partial charge is 0.496 e. The number of carboxylic acids is 1. The molecule has 2 aromatic carbocycles. The fraction of sp³-hybridized carbons (Fsp3) is 0.320. The topological polar surface area (TPSA) is 95.0 Å². The molecule has 8 heteroatoms. The molecule has 4 rings (SSSR count). The molecular formula is C25H28N4O4. The lowest BCUT2D eigenvalue weighted by atomic mass is 10.1. The zero-order chi connectivity index (χ0) is 23.4. The van der Waals surface area contributed by atoms with E-state index in [1.807, 2.05) is 18.2 Å². The van der Waals surface area contributed by atoms with Crippen molar-refractivity contribution < 1.29 is 19.4 Å². The smallest absolute Gasteiger partial charge is 0.336 e. The molecule has 33 heavy (non-hydrogen) atoms. The maximum absolute atomic E-state index is 12.0. The zero-order valence-electron chi connectivity index (χ0n) is 18.9. The molecule has 1 fully saturated rings. The van der Waals surface area contributed by atoms with Crippen LogP contribution >= 0.6 is 0 Å². The molecular weight excluding hydrogens is 420 g/mol. The number of amides is 1. The highest BCUT2D eigenvalue weighted by Gasteiger charge is 2.22. The van der Waals surface area contributed by atoms with Crippen LogP contribution in [0.2, 0.25) is 0 Å². The number of anilines is 2. The van der Waals surface area contributed by atoms with Crippen LogP contribution in [0.4, 0.5) is 11.5 Å². The van der Waals surface area contributed by atoms with Crippen molar-refractivity contribution in [2.75, 3.05) is 43.5 Å². The third kappa shape index (κ3) is 5.06. The normalized spacial score (nSPS) is 14.3. The van der Waals surface area contributed by atoms with Gasteiger partial charge in [0.05, 0.1) is 18.2 Å². The van der Waals surface area contributed by atoms with E-state index in [0.29, 0.717) is 28.8 Å².